The van der Waals surface area contributed by atoms with Gasteiger partial charge in [0, 0.05) is 25.8 Å². The molecule has 2 aromatic rings. The van der Waals surface area contributed by atoms with E-state index in [1.807, 2.05) is 42.1 Å². The Balaban J connectivity index is 1.61. The van der Waals surface area contributed by atoms with Crippen LogP contribution in [0, 0.1) is 5.92 Å². The fourth-order valence-corrected chi connectivity index (χ4v) is 5.23. The van der Waals surface area contributed by atoms with Gasteiger partial charge in [-0.05, 0) is 51.4 Å². The van der Waals surface area contributed by atoms with E-state index in [2.05, 4.69) is 36.1 Å². The van der Waals surface area contributed by atoms with E-state index >= 15 is 0 Å². The number of rotatable bonds is 6. The second kappa shape index (κ2) is 7.67. The van der Waals surface area contributed by atoms with Crippen LogP contribution < -0.4 is 10.2 Å². The lowest BCUT2D eigenvalue weighted by Gasteiger charge is -2.36. The summed E-state index contributed by atoms with van der Waals surface area (Å²) < 4.78 is 2.04. The van der Waals surface area contributed by atoms with Gasteiger partial charge in [-0.15, -0.1) is 0 Å². The number of guanidine groups is 1. The highest BCUT2D eigenvalue weighted by molar-refractivity contribution is 6.21. The van der Waals surface area contributed by atoms with Crippen LogP contribution in [0.3, 0.4) is 0 Å². The molecule has 0 spiro atoms. The summed E-state index contributed by atoms with van der Waals surface area (Å²) in [6.07, 6.45) is 3.36. The summed E-state index contributed by atoms with van der Waals surface area (Å²) in [6.45, 7) is 3.93. The second-order valence-corrected chi connectivity index (χ2v) is 9.32. The van der Waals surface area contributed by atoms with Gasteiger partial charge >= 0.3 is 0 Å². The van der Waals surface area contributed by atoms with E-state index < -0.39 is 0 Å². The molecule has 164 valence electrons. The molecule has 3 atom stereocenters. The number of para-hydroxylation sites is 1. The van der Waals surface area contributed by atoms with Crippen LogP contribution in [0.15, 0.2) is 35.3 Å². The molecular formula is C23H31N7O. The quantitative estimate of drug-likeness (QED) is 0.777. The van der Waals surface area contributed by atoms with E-state index in [4.69, 9.17) is 10.1 Å². The molecule has 8 nitrogen and oxygen atoms in total. The van der Waals surface area contributed by atoms with Crippen molar-refractivity contribution in [2.75, 3.05) is 37.9 Å². The number of aromatic nitrogens is 2. The van der Waals surface area contributed by atoms with Crippen LogP contribution in [-0.4, -0.2) is 71.2 Å². The van der Waals surface area contributed by atoms with E-state index in [1.165, 1.54) is 6.42 Å². The summed E-state index contributed by atoms with van der Waals surface area (Å²) in [7, 11) is 6.00. The van der Waals surface area contributed by atoms with Gasteiger partial charge in [0.15, 0.2) is 5.82 Å². The summed E-state index contributed by atoms with van der Waals surface area (Å²) in [6, 6.07) is 10.5. The average Bonchev–Trinajstić information content (AvgIpc) is 3.40. The number of nitrogens with one attached hydrogen (secondary N) is 1. The number of aliphatic imine (C=N–C) groups is 1. The first-order chi connectivity index (χ1) is 14.9. The van der Waals surface area contributed by atoms with E-state index in [0.29, 0.717) is 23.3 Å². The van der Waals surface area contributed by atoms with E-state index in [9.17, 15) is 4.79 Å². The van der Waals surface area contributed by atoms with Gasteiger partial charge in [-0.25, -0.2) is 9.67 Å². The average molecular weight is 422 g/mol. The van der Waals surface area contributed by atoms with Crippen molar-refractivity contribution in [1.29, 1.82) is 0 Å². The molecule has 31 heavy (non-hydrogen) atoms. The predicted molar refractivity (Wildman–Crippen MR) is 123 cm³/mol. The third-order valence-corrected chi connectivity index (χ3v) is 6.44. The molecule has 3 aliphatic rings. The zero-order valence-electron chi connectivity index (χ0n) is 18.7. The second-order valence-electron chi connectivity index (χ2n) is 9.32. The van der Waals surface area contributed by atoms with Crippen molar-refractivity contribution < 1.29 is 4.79 Å². The molecule has 2 aliphatic heterocycles. The molecule has 8 heteroatoms. The van der Waals surface area contributed by atoms with Crippen molar-refractivity contribution in [2.24, 2.45) is 10.9 Å². The highest BCUT2D eigenvalue weighted by Crippen LogP contribution is 2.43. The fraction of sp³-hybridized carbons (Fsp3) is 0.522. The van der Waals surface area contributed by atoms with E-state index in [1.54, 1.807) is 4.90 Å². The van der Waals surface area contributed by atoms with Crippen LogP contribution in [0.25, 0.3) is 0 Å². The summed E-state index contributed by atoms with van der Waals surface area (Å²) in [5.74, 6) is 2.64. The third kappa shape index (κ3) is 3.39. The molecule has 5 rings (SSSR count). The molecule has 1 aromatic carbocycles. The largest absolute Gasteiger partial charge is 0.338 e. The van der Waals surface area contributed by atoms with Crippen LogP contribution in [0.5, 0.6) is 0 Å². The monoisotopic (exact) mass is 421 g/mol. The minimum Gasteiger partial charge on any atom is -0.338 e. The van der Waals surface area contributed by atoms with Crippen molar-refractivity contribution >= 4 is 29.2 Å². The summed E-state index contributed by atoms with van der Waals surface area (Å²) in [5, 5.41) is 8.34. The maximum Gasteiger partial charge on any atom is 0.267 e. The van der Waals surface area contributed by atoms with Crippen molar-refractivity contribution in [3.05, 3.63) is 35.9 Å². The molecule has 1 saturated carbocycles. The first-order valence-electron chi connectivity index (χ1n) is 11.2. The summed E-state index contributed by atoms with van der Waals surface area (Å²) >= 11 is 0. The van der Waals surface area contributed by atoms with Gasteiger partial charge in [-0.1, -0.05) is 25.1 Å². The summed E-state index contributed by atoms with van der Waals surface area (Å²) in [4.78, 5) is 24.6. The first kappa shape index (κ1) is 20.1. The number of anilines is 3. The maximum atomic E-state index is 13.5. The lowest BCUT2D eigenvalue weighted by molar-refractivity contribution is 0.0865. The molecule has 0 bridgehead atoms. The molecule has 1 N–H and O–H groups in total. The molecule has 1 amide bonds. The maximum absolute atomic E-state index is 13.5. The number of benzene rings is 1. The van der Waals surface area contributed by atoms with Gasteiger partial charge in [0.1, 0.15) is 11.4 Å². The number of fused-ring (bicyclic) bond motifs is 5. The van der Waals surface area contributed by atoms with Crippen molar-refractivity contribution in [1.82, 2.24) is 19.6 Å². The highest BCUT2D eigenvalue weighted by atomic mass is 16.2. The number of carbonyl (C=O) groups excluding carboxylic acids is 1. The minimum absolute atomic E-state index is 0.0464. The smallest absolute Gasteiger partial charge is 0.267 e. The Morgan fingerprint density at radius 3 is 2.74 bits per heavy atom. The van der Waals surface area contributed by atoms with Crippen LogP contribution >= 0.6 is 0 Å². The predicted octanol–water partition coefficient (Wildman–Crippen LogP) is 3.01. The Bertz CT molecular complexity index is 1010. The Hall–Kier alpha value is -2.87. The Labute approximate surface area is 183 Å². The number of carbonyl (C=O) groups is 1. The van der Waals surface area contributed by atoms with Gasteiger partial charge in [-0.3, -0.25) is 14.6 Å². The van der Waals surface area contributed by atoms with Gasteiger partial charge in [0.05, 0.1) is 12.1 Å². The number of hydrogen-bond donors (Lipinski definition) is 1. The van der Waals surface area contributed by atoms with Gasteiger partial charge in [-0.2, -0.15) is 5.10 Å². The van der Waals surface area contributed by atoms with Gasteiger partial charge in [0.25, 0.3) is 5.91 Å². The van der Waals surface area contributed by atoms with Crippen LogP contribution in [0.1, 0.15) is 36.5 Å². The lowest BCUT2D eigenvalue weighted by atomic mass is 10.1. The third-order valence-electron chi connectivity index (χ3n) is 6.44. The Morgan fingerprint density at radius 1 is 1.23 bits per heavy atom. The highest BCUT2D eigenvalue weighted by Gasteiger charge is 2.49. The Morgan fingerprint density at radius 2 is 2.00 bits per heavy atom. The number of amides is 1. The molecule has 0 radical (unpaired) electrons. The lowest BCUT2D eigenvalue weighted by Crippen LogP contribution is -2.52. The van der Waals surface area contributed by atoms with Crippen molar-refractivity contribution in [3.8, 4) is 0 Å². The molecule has 2 unspecified atom stereocenters. The van der Waals surface area contributed by atoms with Gasteiger partial charge in [0.2, 0.25) is 5.96 Å². The minimum atomic E-state index is -0.0464. The van der Waals surface area contributed by atoms with Crippen molar-refractivity contribution in [3.63, 3.8) is 0 Å². The van der Waals surface area contributed by atoms with E-state index in [0.717, 1.165) is 43.4 Å². The standard InChI is InChI=1S/C23H31N7O/c1-15(13-27(2)3)14-29-21-19(20(26-29)24-16-9-6-5-7-10-16)22(31)28(4)23-25-17-11-8-12-18(17)30(21)23/h5-7,9-10,15,17-18H,8,11-14H2,1-4H3,(H,24,26)/t15?,17-,18?/m1/s1. The van der Waals surface area contributed by atoms with Crippen molar-refractivity contribution in [2.45, 2.75) is 44.8 Å². The zero-order valence-corrected chi connectivity index (χ0v) is 18.7. The van der Waals surface area contributed by atoms with Gasteiger partial charge < -0.3 is 10.2 Å². The zero-order chi connectivity index (χ0) is 21.7. The molecule has 1 aliphatic carbocycles. The first-order valence-corrected chi connectivity index (χ1v) is 11.2. The number of nitrogens with zero attached hydrogens (tertiary/aromatic N) is 6. The van der Waals surface area contributed by atoms with Crippen LogP contribution in [0.4, 0.5) is 17.3 Å². The normalized spacial score (nSPS) is 23.0. The van der Waals surface area contributed by atoms with Crippen LogP contribution in [-0.2, 0) is 6.54 Å². The van der Waals surface area contributed by atoms with Crippen LogP contribution in [0.2, 0.25) is 0 Å². The topological polar surface area (TPSA) is 69.0 Å². The number of hydrogen-bond acceptors (Lipinski definition) is 6. The SMILES string of the molecule is CC(CN(C)C)Cn1nc(Nc2ccccc2)c2c1N1C(=N[C@@H]3CCCC31)N(C)C2=O. The molecule has 0 saturated heterocycles. The Kier molecular flexibility index (Phi) is 4.97. The molecular weight excluding hydrogens is 390 g/mol. The van der Waals surface area contributed by atoms with E-state index in [-0.39, 0.29) is 11.9 Å². The summed E-state index contributed by atoms with van der Waals surface area (Å²) in [5.41, 5.74) is 1.57. The molecule has 1 fully saturated rings. The molecule has 3 heterocycles. The fourth-order valence-electron chi connectivity index (χ4n) is 5.23. The molecule has 1 aromatic heterocycles.